The van der Waals surface area contributed by atoms with Crippen LogP contribution in [0.25, 0.3) is 0 Å². The molecular weight excluding hydrogens is 256 g/mol. The van der Waals surface area contributed by atoms with Gasteiger partial charge in [0.25, 0.3) is 5.91 Å². The molecule has 6 nitrogen and oxygen atoms in total. The van der Waals surface area contributed by atoms with Crippen molar-refractivity contribution in [3.8, 4) is 0 Å². The Morgan fingerprint density at radius 1 is 1.25 bits per heavy atom. The van der Waals surface area contributed by atoms with Gasteiger partial charge in [-0.15, -0.1) is 0 Å². The van der Waals surface area contributed by atoms with Crippen LogP contribution in [0.1, 0.15) is 36.3 Å². The molecular formula is C14H22N4O2. The molecule has 0 aliphatic rings. The third kappa shape index (κ3) is 4.87. The van der Waals surface area contributed by atoms with Gasteiger partial charge in [0.2, 0.25) is 5.91 Å². The van der Waals surface area contributed by atoms with E-state index in [4.69, 9.17) is 0 Å². The van der Waals surface area contributed by atoms with E-state index < -0.39 is 0 Å². The molecule has 0 aromatic carbocycles. The van der Waals surface area contributed by atoms with Crippen molar-refractivity contribution >= 4 is 17.6 Å². The quantitative estimate of drug-likeness (QED) is 0.693. The van der Waals surface area contributed by atoms with E-state index >= 15 is 0 Å². The van der Waals surface area contributed by atoms with Crippen LogP contribution in [0.3, 0.4) is 0 Å². The Morgan fingerprint density at radius 3 is 2.60 bits per heavy atom. The summed E-state index contributed by atoms with van der Waals surface area (Å²) in [5.74, 6) is 0.189. The third-order valence-electron chi connectivity index (χ3n) is 2.75. The van der Waals surface area contributed by atoms with E-state index in [0.29, 0.717) is 11.4 Å². The molecule has 20 heavy (non-hydrogen) atoms. The van der Waals surface area contributed by atoms with Gasteiger partial charge in [-0.05, 0) is 25.0 Å². The Labute approximate surface area is 119 Å². The molecule has 0 atom stereocenters. The number of carbonyl (C=O) groups is 2. The number of rotatable bonds is 7. The highest BCUT2D eigenvalue weighted by molar-refractivity contribution is 5.97. The number of nitrogens with one attached hydrogen (secondary N) is 3. The number of carbonyl (C=O) groups excluding carboxylic acids is 2. The standard InChI is InChI=1S/C14H22N4O2/c1-4-6-16-12-8-10(7-11(5-2)18-12)14(20)17-9-13(19)15-3/h7-8H,4-6,9H2,1-3H3,(H,15,19)(H,16,18)(H,17,20). The van der Waals surface area contributed by atoms with Crippen molar-refractivity contribution in [2.75, 3.05) is 25.5 Å². The number of hydrogen-bond donors (Lipinski definition) is 3. The molecule has 1 rings (SSSR count). The van der Waals surface area contributed by atoms with Gasteiger partial charge >= 0.3 is 0 Å². The van der Waals surface area contributed by atoms with Crippen LogP contribution in [0.2, 0.25) is 0 Å². The summed E-state index contributed by atoms with van der Waals surface area (Å²) < 4.78 is 0. The molecule has 110 valence electrons. The van der Waals surface area contributed by atoms with Crippen molar-refractivity contribution in [1.29, 1.82) is 0 Å². The lowest BCUT2D eigenvalue weighted by Gasteiger charge is -2.10. The zero-order chi connectivity index (χ0) is 15.0. The van der Waals surface area contributed by atoms with E-state index in [0.717, 1.165) is 25.1 Å². The van der Waals surface area contributed by atoms with E-state index in [-0.39, 0.29) is 18.4 Å². The molecule has 6 heteroatoms. The van der Waals surface area contributed by atoms with Gasteiger partial charge in [-0.1, -0.05) is 13.8 Å². The number of likely N-dealkylation sites (N-methyl/N-ethyl adjacent to an activating group) is 1. The Hall–Kier alpha value is -2.11. The van der Waals surface area contributed by atoms with Crippen LogP contribution in [0.5, 0.6) is 0 Å². The summed E-state index contributed by atoms with van der Waals surface area (Å²) in [5, 5.41) is 8.20. The molecule has 0 unspecified atom stereocenters. The minimum absolute atomic E-state index is 0.0309. The molecule has 0 aliphatic heterocycles. The minimum Gasteiger partial charge on any atom is -0.370 e. The summed E-state index contributed by atoms with van der Waals surface area (Å²) in [5.41, 5.74) is 1.36. The zero-order valence-electron chi connectivity index (χ0n) is 12.2. The van der Waals surface area contributed by atoms with Crippen molar-refractivity contribution in [2.24, 2.45) is 0 Å². The second-order valence-corrected chi connectivity index (χ2v) is 4.37. The number of pyridine rings is 1. The van der Waals surface area contributed by atoms with Crippen LogP contribution < -0.4 is 16.0 Å². The summed E-state index contributed by atoms with van der Waals surface area (Å²) in [7, 11) is 1.53. The number of amides is 2. The number of aryl methyl sites for hydroxylation is 1. The van der Waals surface area contributed by atoms with Crippen LogP contribution in [0.15, 0.2) is 12.1 Å². The first-order valence-electron chi connectivity index (χ1n) is 6.84. The Bertz CT molecular complexity index is 474. The molecule has 3 N–H and O–H groups in total. The lowest BCUT2D eigenvalue weighted by molar-refractivity contribution is -0.119. The van der Waals surface area contributed by atoms with Crippen LogP contribution in [0, 0.1) is 0 Å². The highest BCUT2D eigenvalue weighted by Gasteiger charge is 2.10. The predicted molar refractivity (Wildman–Crippen MR) is 78.8 cm³/mol. The first-order chi connectivity index (χ1) is 9.60. The average Bonchev–Trinajstić information content (AvgIpc) is 2.49. The van der Waals surface area contributed by atoms with E-state index in [1.165, 1.54) is 7.05 Å². The lowest BCUT2D eigenvalue weighted by atomic mass is 10.2. The summed E-state index contributed by atoms with van der Waals surface area (Å²) in [6.45, 7) is 4.82. The van der Waals surface area contributed by atoms with Gasteiger partial charge in [0, 0.05) is 24.8 Å². The first kappa shape index (κ1) is 15.9. The topological polar surface area (TPSA) is 83.1 Å². The van der Waals surface area contributed by atoms with Crippen molar-refractivity contribution in [1.82, 2.24) is 15.6 Å². The second kappa shape index (κ2) is 8.14. The van der Waals surface area contributed by atoms with Gasteiger partial charge in [-0.3, -0.25) is 9.59 Å². The van der Waals surface area contributed by atoms with Gasteiger partial charge < -0.3 is 16.0 Å². The van der Waals surface area contributed by atoms with E-state index in [9.17, 15) is 9.59 Å². The smallest absolute Gasteiger partial charge is 0.251 e. The fraction of sp³-hybridized carbons (Fsp3) is 0.500. The normalized spacial score (nSPS) is 9.95. The molecule has 2 amide bonds. The van der Waals surface area contributed by atoms with Gasteiger partial charge in [-0.2, -0.15) is 0 Å². The summed E-state index contributed by atoms with van der Waals surface area (Å²) in [6.07, 6.45) is 1.73. The predicted octanol–water partition coefficient (Wildman–Crippen LogP) is 0.942. The summed E-state index contributed by atoms with van der Waals surface area (Å²) in [6, 6.07) is 3.45. The Balaban J connectivity index is 2.81. The van der Waals surface area contributed by atoms with Crippen LogP contribution in [0.4, 0.5) is 5.82 Å². The number of anilines is 1. The van der Waals surface area contributed by atoms with E-state index in [1.807, 2.05) is 6.92 Å². The van der Waals surface area contributed by atoms with Gasteiger partial charge in [0.1, 0.15) is 5.82 Å². The fourth-order valence-electron chi connectivity index (χ4n) is 1.59. The number of hydrogen-bond acceptors (Lipinski definition) is 4. The van der Waals surface area contributed by atoms with Gasteiger partial charge in [0.15, 0.2) is 0 Å². The Kier molecular flexibility index (Phi) is 6.49. The maximum absolute atomic E-state index is 12.0. The molecule has 0 radical (unpaired) electrons. The Morgan fingerprint density at radius 2 is 2.00 bits per heavy atom. The van der Waals surface area contributed by atoms with Crippen LogP contribution in [-0.2, 0) is 11.2 Å². The first-order valence-corrected chi connectivity index (χ1v) is 6.84. The van der Waals surface area contributed by atoms with E-state index in [2.05, 4.69) is 27.9 Å². The largest absolute Gasteiger partial charge is 0.370 e. The zero-order valence-corrected chi connectivity index (χ0v) is 12.2. The van der Waals surface area contributed by atoms with Gasteiger partial charge in [0.05, 0.1) is 6.54 Å². The molecule has 1 aromatic rings. The summed E-state index contributed by atoms with van der Waals surface area (Å²) >= 11 is 0. The monoisotopic (exact) mass is 278 g/mol. The van der Waals surface area contributed by atoms with Crippen LogP contribution >= 0.6 is 0 Å². The number of aromatic nitrogens is 1. The van der Waals surface area contributed by atoms with Crippen molar-refractivity contribution in [3.05, 3.63) is 23.4 Å². The highest BCUT2D eigenvalue weighted by Crippen LogP contribution is 2.11. The number of nitrogens with zero attached hydrogens (tertiary/aromatic N) is 1. The second-order valence-electron chi connectivity index (χ2n) is 4.37. The van der Waals surface area contributed by atoms with Crippen LogP contribution in [-0.4, -0.2) is 36.9 Å². The van der Waals surface area contributed by atoms with Crippen molar-refractivity contribution in [2.45, 2.75) is 26.7 Å². The molecule has 0 spiro atoms. The molecule has 1 aromatic heterocycles. The van der Waals surface area contributed by atoms with Gasteiger partial charge in [-0.25, -0.2) is 4.98 Å². The third-order valence-corrected chi connectivity index (χ3v) is 2.75. The van der Waals surface area contributed by atoms with Crippen molar-refractivity contribution < 1.29 is 9.59 Å². The molecule has 0 saturated heterocycles. The molecule has 1 heterocycles. The molecule has 0 bridgehead atoms. The highest BCUT2D eigenvalue weighted by atomic mass is 16.2. The molecule has 0 aliphatic carbocycles. The maximum Gasteiger partial charge on any atom is 0.251 e. The van der Waals surface area contributed by atoms with Crippen molar-refractivity contribution in [3.63, 3.8) is 0 Å². The SMILES string of the molecule is CCCNc1cc(C(=O)NCC(=O)NC)cc(CC)n1. The lowest BCUT2D eigenvalue weighted by Crippen LogP contribution is -2.35. The molecule has 0 saturated carbocycles. The average molecular weight is 278 g/mol. The minimum atomic E-state index is -0.273. The summed E-state index contributed by atoms with van der Waals surface area (Å²) in [4.78, 5) is 27.6. The fourth-order valence-corrected chi connectivity index (χ4v) is 1.59. The molecule has 0 fully saturated rings. The maximum atomic E-state index is 12.0. The van der Waals surface area contributed by atoms with E-state index in [1.54, 1.807) is 12.1 Å².